The summed E-state index contributed by atoms with van der Waals surface area (Å²) >= 11 is 0. The van der Waals surface area contributed by atoms with E-state index in [1.807, 2.05) is 49.4 Å². The third-order valence-corrected chi connectivity index (χ3v) is 5.68. The molecule has 7 heteroatoms. The zero-order chi connectivity index (χ0) is 21.8. The second-order valence-electron chi connectivity index (χ2n) is 7.81. The third-order valence-electron chi connectivity index (χ3n) is 5.68. The number of quaternary nitrogens is 1. The summed E-state index contributed by atoms with van der Waals surface area (Å²) in [5, 5.41) is 4.41. The molecule has 0 saturated carbocycles. The number of rotatable bonds is 5. The first kappa shape index (κ1) is 20.8. The third kappa shape index (κ3) is 4.67. The Morgan fingerprint density at radius 2 is 1.74 bits per heavy atom. The van der Waals surface area contributed by atoms with Crippen molar-refractivity contribution in [3.05, 3.63) is 87.8 Å². The van der Waals surface area contributed by atoms with Gasteiger partial charge in [-0.15, -0.1) is 0 Å². The van der Waals surface area contributed by atoms with Crippen LogP contribution < -0.4 is 15.1 Å². The van der Waals surface area contributed by atoms with Crippen molar-refractivity contribution in [3.8, 4) is 11.4 Å². The summed E-state index contributed by atoms with van der Waals surface area (Å²) in [5.41, 5.74) is 2.40. The molecule has 3 aromatic rings. The van der Waals surface area contributed by atoms with Gasteiger partial charge < -0.3 is 14.5 Å². The summed E-state index contributed by atoms with van der Waals surface area (Å²) in [7, 11) is 1.66. The van der Waals surface area contributed by atoms with Crippen LogP contribution in [-0.2, 0) is 6.54 Å². The number of piperazine rings is 1. The number of nitrogens with one attached hydrogen (secondary N) is 1. The number of benzene rings is 2. The Kier molecular flexibility index (Phi) is 6.13. The quantitative estimate of drug-likeness (QED) is 0.672. The number of carbonyl (C=O) groups excluding carboxylic acids is 1. The average Bonchev–Trinajstić information content (AvgIpc) is 2.80. The number of nitrogens with zero attached hydrogens (tertiary/aromatic N) is 3. The van der Waals surface area contributed by atoms with Gasteiger partial charge in [0.1, 0.15) is 12.3 Å². The van der Waals surface area contributed by atoms with Crippen molar-refractivity contribution in [1.82, 2.24) is 14.7 Å². The molecule has 0 bridgehead atoms. The minimum Gasteiger partial charge on any atom is -0.497 e. The fourth-order valence-electron chi connectivity index (χ4n) is 3.91. The molecule has 1 aliphatic heterocycles. The molecule has 31 heavy (non-hydrogen) atoms. The van der Waals surface area contributed by atoms with Gasteiger partial charge in [0, 0.05) is 17.3 Å². The van der Waals surface area contributed by atoms with Gasteiger partial charge >= 0.3 is 0 Å². The summed E-state index contributed by atoms with van der Waals surface area (Å²) < 4.78 is 6.86. The fourth-order valence-corrected chi connectivity index (χ4v) is 3.91. The molecule has 0 atom stereocenters. The molecule has 1 amide bonds. The van der Waals surface area contributed by atoms with Gasteiger partial charge in [-0.05, 0) is 43.3 Å². The van der Waals surface area contributed by atoms with Crippen LogP contribution in [0.5, 0.6) is 5.75 Å². The largest absolute Gasteiger partial charge is 0.497 e. The number of ether oxygens (including phenoxy) is 1. The Bertz CT molecular complexity index is 1100. The van der Waals surface area contributed by atoms with Gasteiger partial charge in [-0.25, -0.2) is 4.68 Å². The summed E-state index contributed by atoms with van der Waals surface area (Å²) in [6.07, 6.45) is 0. The van der Waals surface area contributed by atoms with Crippen molar-refractivity contribution < 1.29 is 14.4 Å². The van der Waals surface area contributed by atoms with E-state index in [1.165, 1.54) is 16.5 Å². The summed E-state index contributed by atoms with van der Waals surface area (Å²) in [5.74, 6) is 0.555. The predicted octanol–water partition coefficient (Wildman–Crippen LogP) is 1.09. The summed E-state index contributed by atoms with van der Waals surface area (Å²) in [4.78, 5) is 28.8. The first-order chi connectivity index (χ1) is 15.0. The highest BCUT2D eigenvalue weighted by atomic mass is 16.5. The van der Waals surface area contributed by atoms with Crippen molar-refractivity contribution in [2.24, 2.45) is 0 Å². The van der Waals surface area contributed by atoms with Crippen LogP contribution in [0.25, 0.3) is 5.69 Å². The maximum Gasteiger partial charge on any atom is 0.278 e. The minimum atomic E-state index is -0.331. The molecule has 1 N–H and O–H groups in total. The number of amides is 1. The van der Waals surface area contributed by atoms with Crippen LogP contribution in [0.2, 0.25) is 0 Å². The SMILES string of the molecule is COc1ccc(C[NH+]2CCN(C(=O)c3nn(-c4ccccc4)c(C)cc3=O)CC2)cc1. The first-order valence-corrected chi connectivity index (χ1v) is 10.5. The maximum absolute atomic E-state index is 13.1. The molecule has 1 aliphatic rings. The van der Waals surface area contributed by atoms with E-state index < -0.39 is 0 Å². The summed E-state index contributed by atoms with van der Waals surface area (Å²) in [6.45, 7) is 5.58. The van der Waals surface area contributed by atoms with Crippen LogP contribution in [0.15, 0.2) is 65.5 Å². The molecule has 7 nitrogen and oxygen atoms in total. The molecule has 160 valence electrons. The highest BCUT2D eigenvalue weighted by molar-refractivity contribution is 5.92. The van der Waals surface area contributed by atoms with Crippen LogP contribution in [0, 0.1) is 6.92 Å². The number of aryl methyl sites for hydroxylation is 1. The number of hydrogen-bond acceptors (Lipinski definition) is 4. The van der Waals surface area contributed by atoms with Gasteiger partial charge in [-0.1, -0.05) is 18.2 Å². The number of para-hydroxylation sites is 1. The molecule has 0 unspecified atom stereocenters. The van der Waals surface area contributed by atoms with E-state index in [-0.39, 0.29) is 17.0 Å². The normalized spacial score (nSPS) is 14.5. The molecule has 4 rings (SSSR count). The number of aromatic nitrogens is 2. The molecule has 1 saturated heterocycles. The van der Waals surface area contributed by atoms with Crippen molar-refractivity contribution in [3.63, 3.8) is 0 Å². The van der Waals surface area contributed by atoms with Gasteiger partial charge in [0.25, 0.3) is 5.91 Å². The Labute approximate surface area is 181 Å². The Hall–Kier alpha value is -3.45. The van der Waals surface area contributed by atoms with Crippen LogP contribution in [0.4, 0.5) is 0 Å². The molecular weight excluding hydrogens is 392 g/mol. The van der Waals surface area contributed by atoms with Crippen molar-refractivity contribution in [1.29, 1.82) is 0 Å². The van der Waals surface area contributed by atoms with Gasteiger partial charge in [0.05, 0.1) is 39.0 Å². The average molecular weight is 420 g/mol. The molecule has 2 heterocycles. The van der Waals surface area contributed by atoms with Crippen molar-refractivity contribution in [2.45, 2.75) is 13.5 Å². The Morgan fingerprint density at radius 1 is 1.06 bits per heavy atom. The fraction of sp³-hybridized carbons (Fsp3) is 0.292. The number of methoxy groups -OCH3 is 1. The topological polar surface area (TPSA) is 68.9 Å². The van der Waals surface area contributed by atoms with Gasteiger partial charge in [-0.2, -0.15) is 5.10 Å². The highest BCUT2D eigenvalue weighted by Crippen LogP contribution is 2.11. The lowest BCUT2D eigenvalue weighted by Gasteiger charge is -2.32. The van der Waals surface area contributed by atoms with E-state index >= 15 is 0 Å². The molecule has 0 radical (unpaired) electrons. The monoisotopic (exact) mass is 419 g/mol. The lowest BCUT2D eigenvalue weighted by atomic mass is 10.2. The zero-order valence-corrected chi connectivity index (χ0v) is 17.9. The standard InChI is InChI=1S/C24H26N4O3/c1-18-16-22(29)23(25-28(18)20-6-4-3-5-7-20)24(30)27-14-12-26(13-15-27)17-19-8-10-21(31-2)11-9-19/h3-11,16H,12-15,17H2,1-2H3/p+1. The highest BCUT2D eigenvalue weighted by Gasteiger charge is 2.27. The maximum atomic E-state index is 13.1. The molecular formula is C24H27N4O3+. The molecule has 2 aromatic carbocycles. The van der Waals surface area contributed by atoms with Gasteiger partial charge in [0.2, 0.25) is 5.43 Å². The molecule has 0 spiro atoms. The zero-order valence-electron chi connectivity index (χ0n) is 17.9. The number of hydrogen-bond donors (Lipinski definition) is 1. The van der Waals surface area contributed by atoms with Crippen LogP contribution in [0.1, 0.15) is 21.7 Å². The van der Waals surface area contributed by atoms with E-state index in [1.54, 1.807) is 16.7 Å². The number of carbonyl (C=O) groups is 1. The lowest BCUT2D eigenvalue weighted by Crippen LogP contribution is -3.13. The van der Waals surface area contributed by atoms with Crippen LogP contribution in [-0.4, -0.2) is 53.9 Å². The van der Waals surface area contributed by atoms with Crippen molar-refractivity contribution in [2.75, 3.05) is 33.3 Å². The second-order valence-corrected chi connectivity index (χ2v) is 7.81. The smallest absolute Gasteiger partial charge is 0.278 e. The molecule has 0 aliphatic carbocycles. The van der Waals surface area contributed by atoms with E-state index in [4.69, 9.17) is 4.74 Å². The van der Waals surface area contributed by atoms with Gasteiger partial charge in [0.15, 0.2) is 5.69 Å². The molecule has 1 aromatic heterocycles. The second kappa shape index (κ2) is 9.14. The van der Waals surface area contributed by atoms with Crippen LogP contribution in [0.3, 0.4) is 0 Å². The Morgan fingerprint density at radius 3 is 2.39 bits per heavy atom. The summed E-state index contributed by atoms with van der Waals surface area (Å²) in [6, 6.07) is 19.1. The van der Waals surface area contributed by atoms with Gasteiger partial charge in [-0.3, -0.25) is 9.59 Å². The van der Waals surface area contributed by atoms with E-state index in [0.717, 1.165) is 31.1 Å². The lowest BCUT2D eigenvalue weighted by molar-refractivity contribution is -0.917. The van der Waals surface area contributed by atoms with E-state index in [2.05, 4.69) is 17.2 Å². The molecule has 1 fully saturated rings. The van der Waals surface area contributed by atoms with E-state index in [9.17, 15) is 9.59 Å². The van der Waals surface area contributed by atoms with E-state index in [0.29, 0.717) is 18.8 Å². The predicted molar refractivity (Wildman–Crippen MR) is 118 cm³/mol. The Balaban J connectivity index is 1.44. The van der Waals surface area contributed by atoms with Crippen molar-refractivity contribution >= 4 is 5.91 Å². The van der Waals surface area contributed by atoms with Crippen LogP contribution >= 0.6 is 0 Å². The minimum absolute atomic E-state index is 0.0203. The first-order valence-electron chi connectivity index (χ1n) is 10.5.